The number of esters is 2. The highest BCUT2D eigenvalue weighted by Crippen LogP contribution is 2.47. The van der Waals surface area contributed by atoms with E-state index in [9.17, 15) is 44.6 Å². The largest absolute Gasteiger partial charge is 0.472 e. The molecule has 1 aliphatic rings. The maximum absolute atomic E-state index is 12.7. The number of aliphatic hydroxyl groups excluding tert-OH is 5. The van der Waals surface area contributed by atoms with E-state index in [1.807, 2.05) is 0 Å². The Hall–Kier alpha value is -1.67. The van der Waals surface area contributed by atoms with Crippen LogP contribution in [-0.2, 0) is 32.7 Å². The van der Waals surface area contributed by atoms with Crippen molar-refractivity contribution in [2.75, 3.05) is 13.2 Å². The van der Waals surface area contributed by atoms with Crippen LogP contribution in [0.25, 0.3) is 0 Å². The van der Waals surface area contributed by atoms with Crippen molar-refractivity contribution in [2.24, 2.45) is 0 Å². The first-order chi connectivity index (χ1) is 26.4. The monoisotopic (exact) mass is 806 g/mol. The summed E-state index contributed by atoms with van der Waals surface area (Å²) < 4.78 is 33.3. The minimum atomic E-state index is -5.11. The van der Waals surface area contributed by atoms with Crippen LogP contribution in [0.3, 0.4) is 0 Å². The zero-order chi connectivity index (χ0) is 40.7. The van der Waals surface area contributed by atoms with E-state index in [4.69, 9.17) is 18.5 Å². The van der Waals surface area contributed by atoms with Crippen LogP contribution in [0.5, 0.6) is 0 Å². The molecular weight excluding hydrogens is 731 g/mol. The second-order valence-electron chi connectivity index (χ2n) is 14.8. The normalized spacial score (nSPS) is 23.3. The van der Waals surface area contributed by atoms with Gasteiger partial charge in [-0.2, -0.15) is 0 Å². The van der Waals surface area contributed by atoms with Crippen molar-refractivity contribution >= 4 is 19.8 Å². The van der Waals surface area contributed by atoms with Crippen LogP contribution in [-0.4, -0.2) is 98.3 Å². The fourth-order valence-corrected chi connectivity index (χ4v) is 7.29. The molecule has 1 fully saturated rings. The van der Waals surface area contributed by atoms with E-state index in [0.717, 1.165) is 70.6 Å². The fourth-order valence-electron chi connectivity index (χ4n) is 6.32. The highest BCUT2D eigenvalue weighted by atomic mass is 31.2. The second kappa shape index (κ2) is 32.3. The number of phosphoric acid groups is 1. The summed E-state index contributed by atoms with van der Waals surface area (Å²) in [6.45, 7) is 3.20. The van der Waals surface area contributed by atoms with Gasteiger partial charge >= 0.3 is 19.8 Å². The van der Waals surface area contributed by atoms with E-state index < -0.39 is 75.7 Å². The first-order valence-corrected chi connectivity index (χ1v) is 22.6. The average molecular weight is 807 g/mol. The molecule has 0 spiro atoms. The third-order valence-corrected chi connectivity index (χ3v) is 10.8. The van der Waals surface area contributed by atoms with Gasteiger partial charge in [-0.15, -0.1) is 0 Å². The SMILES string of the molecule is CCCCC/C=C\C/C=C\CCCCCCCCCCCC(=O)OC(COC(=O)CCCCCCCCC)COP(=O)(O)OC1C(O)C(O)C(O)C(O)C1O. The smallest absolute Gasteiger partial charge is 0.462 e. The van der Waals surface area contributed by atoms with Crippen molar-refractivity contribution in [3.8, 4) is 0 Å². The molecule has 1 saturated carbocycles. The molecule has 0 aromatic heterocycles. The number of hydrogen-bond acceptors (Lipinski definition) is 12. The van der Waals surface area contributed by atoms with Gasteiger partial charge < -0.3 is 39.9 Å². The maximum atomic E-state index is 12.7. The average Bonchev–Trinajstić information content (AvgIpc) is 3.16. The lowest BCUT2D eigenvalue weighted by molar-refractivity contribution is -0.220. The number of hydrogen-bond donors (Lipinski definition) is 6. The number of carbonyl (C=O) groups is 2. The number of allylic oxidation sites excluding steroid dienone is 4. The summed E-state index contributed by atoms with van der Waals surface area (Å²) in [5.74, 6) is -1.11. The molecule has 13 nitrogen and oxygen atoms in total. The Morgan fingerprint density at radius 1 is 0.564 bits per heavy atom. The van der Waals surface area contributed by atoms with E-state index in [1.165, 1.54) is 57.8 Å². The maximum Gasteiger partial charge on any atom is 0.472 e. The van der Waals surface area contributed by atoms with Gasteiger partial charge in [0.15, 0.2) is 6.10 Å². The lowest BCUT2D eigenvalue weighted by Crippen LogP contribution is -2.64. The zero-order valence-corrected chi connectivity index (χ0v) is 34.6. The summed E-state index contributed by atoms with van der Waals surface area (Å²) in [6.07, 6.45) is 19.9. The van der Waals surface area contributed by atoms with Gasteiger partial charge in [-0.05, 0) is 44.9 Å². The number of phosphoric ester groups is 1. The summed E-state index contributed by atoms with van der Waals surface area (Å²) in [4.78, 5) is 35.4. The van der Waals surface area contributed by atoms with Gasteiger partial charge in [0, 0.05) is 12.8 Å². The zero-order valence-electron chi connectivity index (χ0n) is 33.7. The van der Waals surface area contributed by atoms with Crippen LogP contribution in [0.1, 0.15) is 168 Å². The molecule has 1 aliphatic carbocycles. The minimum Gasteiger partial charge on any atom is -0.462 e. The molecule has 0 aromatic rings. The Bertz CT molecular complexity index is 1070. The van der Waals surface area contributed by atoms with Crippen LogP contribution >= 0.6 is 7.82 Å². The standard InChI is InChI=1S/C41H75O13P/c1-3-5-7-9-11-12-13-14-15-16-17-18-19-20-21-22-24-26-28-30-35(43)53-33(31-51-34(42)29-27-25-23-10-8-6-4-2)32-52-55(49,50)54-41-39(47)37(45)36(44)38(46)40(41)48/h11-12,14-15,33,36-41,44-48H,3-10,13,16-32H2,1-2H3,(H,49,50)/b12-11-,15-14-. The van der Waals surface area contributed by atoms with E-state index in [1.54, 1.807) is 0 Å². The molecule has 0 heterocycles. The predicted octanol–water partition coefficient (Wildman–Crippen LogP) is 7.28. The number of carbonyl (C=O) groups excluding carboxylic acids is 2. The van der Waals surface area contributed by atoms with Gasteiger partial charge in [-0.3, -0.25) is 18.6 Å². The summed E-state index contributed by atoms with van der Waals surface area (Å²) in [5.41, 5.74) is 0. The molecule has 6 atom stereocenters. The molecule has 0 aromatic carbocycles. The minimum absolute atomic E-state index is 0.0937. The molecule has 55 heavy (non-hydrogen) atoms. The van der Waals surface area contributed by atoms with Gasteiger partial charge in [0.25, 0.3) is 0 Å². The number of aliphatic hydroxyl groups is 5. The summed E-state index contributed by atoms with van der Waals surface area (Å²) in [5, 5.41) is 49.9. The molecule has 14 heteroatoms. The van der Waals surface area contributed by atoms with Gasteiger partial charge in [0.2, 0.25) is 0 Å². The first kappa shape index (κ1) is 51.3. The van der Waals surface area contributed by atoms with Crippen molar-refractivity contribution in [3.05, 3.63) is 24.3 Å². The van der Waals surface area contributed by atoms with E-state index in [0.29, 0.717) is 12.8 Å². The van der Waals surface area contributed by atoms with Gasteiger partial charge in [0.05, 0.1) is 6.61 Å². The van der Waals surface area contributed by atoms with Crippen LogP contribution in [0, 0.1) is 0 Å². The van der Waals surface area contributed by atoms with Crippen molar-refractivity contribution in [1.29, 1.82) is 0 Å². The number of unbranched alkanes of at least 4 members (excludes halogenated alkanes) is 18. The fraction of sp³-hybridized carbons (Fsp3) is 0.854. The van der Waals surface area contributed by atoms with Crippen LogP contribution < -0.4 is 0 Å². The Kier molecular flexibility index (Phi) is 30.2. The quantitative estimate of drug-likeness (QED) is 0.0164. The summed E-state index contributed by atoms with van der Waals surface area (Å²) in [7, 11) is -5.11. The molecule has 6 unspecified atom stereocenters. The molecule has 0 amide bonds. The molecule has 0 saturated heterocycles. The van der Waals surface area contributed by atoms with Crippen LogP contribution in [0.4, 0.5) is 0 Å². The lowest BCUT2D eigenvalue weighted by Gasteiger charge is -2.41. The van der Waals surface area contributed by atoms with Crippen molar-refractivity contribution in [2.45, 2.75) is 211 Å². The third-order valence-electron chi connectivity index (χ3n) is 9.80. The molecule has 6 N–H and O–H groups in total. The van der Waals surface area contributed by atoms with Gasteiger partial charge in [-0.25, -0.2) is 4.57 Å². The highest BCUT2D eigenvalue weighted by Gasteiger charge is 2.51. The van der Waals surface area contributed by atoms with Gasteiger partial charge in [-0.1, -0.05) is 134 Å². The predicted molar refractivity (Wildman–Crippen MR) is 212 cm³/mol. The van der Waals surface area contributed by atoms with Crippen molar-refractivity contribution < 1.29 is 63.1 Å². The van der Waals surface area contributed by atoms with E-state index in [-0.39, 0.29) is 12.8 Å². The van der Waals surface area contributed by atoms with Crippen molar-refractivity contribution in [1.82, 2.24) is 0 Å². The van der Waals surface area contributed by atoms with Gasteiger partial charge in [0.1, 0.15) is 43.2 Å². The summed E-state index contributed by atoms with van der Waals surface area (Å²) >= 11 is 0. The second-order valence-corrected chi connectivity index (χ2v) is 16.3. The molecular formula is C41H75O13P. The molecule has 0 aliphatic heterocycles. The van der Waals surface area contributed by atoms with Crippen LogP contribution in [0.15, 0.2) is 24.3 Å². The van der Waals surface area contributed by atoms with E-state index in [2.05, 4.69) is 38.2 Å². The Balaban J connectivity index is 2.43. The number of rotatable bonds is 34. The Morgan fingerprint density at radius 2 is 0.982 bits per heavy atom. The van der Waals surface area contributed by atoms with Crippen molar-refractivity contribution in [3.63, 3.8) is 0 Å². The number of ether oxygens (including phenoxy) is 2. The Labute approximate surface area is 330 Å². The topological polar surface area (TPSA) is 210 Å². The molecule has 0 radical (unpaired) electrons. The summed E-state index contributed by atoms with van der Waals surface area (Å²) in [6, 6.07) is 0. The highest BCUT2D eigenvalue weighted by molar-refractivity contribution is 7.47. The molecule has 1 rings (SSSR count). The van der Waals surface area contributed by atoms with E-state index >= 15 is 0 Å². The lowest BCUT2D eigenvalue weighted by atomic mass is 9.85. The molecule has 0 bridgehead atoms. The molecule has 322 valence electrons. The Morgan fingerprint density at radius 3 is 1.51 bits per heavy atom. The third kappa shape index (κ3) is 25.3. The van der Waals surface area contributed by atoms with Crippen LogP contribution in [0.2, 0.25) is 0 Å². The first-order valence-electron chi connectivity index (χ1n) is 21.1.